The van der Waals surface area contributed by atoms with Gasteiger partial charge in [-0.3, -0.25) is 0 Å². The number of aliphatic hydroxyl groups is 1. The molecule has 0 aliphatic carbocycles. The van der Waals surface area contributed by atoms with Gasteiger partial charge in [0.25, 0.3) is 0 Å². The summed E-state index contributed by atoms with van der Waals surface area (Å²) in [5.41, 5.74) is 0.565. The Bertz CT molecular complexity index is 811. The van der Waals surface area contributed by atoms with Crippen LogP contribution in [0.25, 0.3) is 0 Å². The molecule has 33 heavy (non-hydrogen) atoms. The van der Waals surface area contributed by atoms with Gasteiger partial charge in [-0.05, 0) is 63.2 Å². The zero-order valence-electron chi connectivity index (χ0n) is 20.5. The van der Waals surface area contributed by atoms with Crippen LogP contribution in [0.4, 0.5) is 0 Å². The van der Waals surface area contributed by atoms with E-state index in [-0.39, 0.29) is 12.6 Å². The molecule has 2 aromatic rings. The van der Waals surface area contributed by atoms with E-state index in [1.165, 1.54) is 52.0 Å². The van der Waals surface area contributed by atoms with E-state index in [9.17, 15) is 5.11 Å². The van der Waals surface area contributed by atoms with Crippen molar-refractivity contribution >= 4 is 0 Å². The summed E-state index contributed by atoms with van der Waals surface area (Å²) in [7, 11) is 0. The fourth-order valence-electron chi connectivity index (χ4n) is 5.73. The molecular formula is C25H43N7O. The summed E-state index contributed by atoms with van der Waals surface area (Å²) in [6.07, 6.45) is 13.6. The van der Waals surface area contributed by atoms with Crippen LogP contribution in [-0.4, -0.2) is 86.8 Å². The Kier molecular flexibility index (Phi) is 8.57. The third-order valence-electron chi connectivity index (χ3n) is 7.45. The highest BCUT2D eigenvalue weighted by Gasteiger charge is 2.40. The van der Waals surface area contributed by atoms with Gasteiger partial charge in [0.05, 0.1) is 12.6 Å². The molecule has 0 saturated carbocycles. The molecule has 1 unspecified atom stereocenters. The number of aromatic amines is 1. The smallest absolute Gasteiger partial charge is 0.126 e. The topological polar surface area (TPSA) is 85.2 Å². The molecule has 3 N–H and O–H groups in total. The highest BCUT2D eigenvalue weighted by molar-refractivity contribution is 5.04. The largest absolute Gasteiger partial charge is 0.395 e. The molecule has 2 saturated heterocycles. The van der Waals surface area contributed by atoms with Gasteiger partial charge in [0, 0.05) is 57.4 Å². The third kappa shape index (κ3) is 6.66. The normalized spacial score (nSPS) is 20.2. The maximum Gasteiger partial charge on any atom is 0.126 e. The van der Waals surface area contributed by atoms with Crippen LogP contribution in [0.2, 0.25) is 0 Å². The van der Waals surface area contributed by atoms with E-state index >= 15 is 0 Å². The Morgan fingerprint density at radius 3 is 2.58 bits per heavy atom. The zero-order chi connectivity index (χ0) is 23.1. The summed E-state index contributed by atoms with van der Waals surface area (Å²) in [5, 5.41) is 12.7. The van der Waals surface area contributed by atoms with Gasteiger partial charge in [0.1, 0.15) is 11.6 Å². The summed E-state index contributed by atoms with van der Waals surface area (Å²) in [6, 6.07) is 0.0318. The van der Waals surface area contributed by atoms with E-state index in [2.05, 4.69) is 54.7 Å². The SMILES string of the molecule is CC(C)CN1CCC2(CC1)CCN(CCCn1ccnc1C(Cc1ncc[nH]1)NCCO)C2. The quantitative estimate of drug-likeness (QED) is 0.454. The van der Waals surface area contributed by atoms with Gasteiger partial charge in [-0.25, -0.2) is 9.97 Å². The van der Waals surface area contributed by atoms with Crippen molar-refractivity contribution in [2.75, 3.05) is 52.4 Å². The number of likely N-dealkylation sites (tertiary alicyclic amines) is 2. The van der Waals surface area contributed by atoms with E-state index in [0.29, 0.717) is 12.0 Å². The number of nitrogens with zero attached hydrogens (tertiary/aromatic N) is 5. The van der Waals surface area contributed by atoms with Crippen LogP contribution in [0.3, 0.4) is 0 Å². The molecule has 2 aliphatic rings. The monoisotopic (exact) mass is 457 g/mol. The lowest BCUT2D eigenvalue weighted by atomic mass is 9.77. The number of aliphatic hydroxyl groups excluding tert-OH is 1. The Balaban J connectivity index is 1.25. The lowest BCUT2D eigenvalue weighted by Gasteiger charge is -2.40. The molecule has 1 atom stereocenters. The standard InChI is InChI=1S/C25H43N7O/c1-21(2)19-30-13-4-25(5-14-30)6-15-31(20-25)11-3-12-32-16-9-29-24(32)22(26-10-17-33)18-23-27-7-8-28-23/h7-9,16,21-22,26,33H,3-6,10-15,17-20H2,1-2H3,(H,27,28). The molecule has 1 spiro atoms. The first-order valence-electron chi connectivity index (χ1n) is 12.9. The molecule has 0 bridgehead atoms. The fraction of sp³-hybridized carbons (Fsp3) is 0.760. The molecule has 2 aliphatic heterocycles. The molecular weight excluding hydrogens is 414 g/mol. The molecule has 8 nitrogen and oxygen atoms in total. The number of aromatic nitrogens is 4. The Morgan fingerprint density at radius 2 is 1.88 bits per heavy atom. The van der Waals surface area contributed by atoms with Crippen LogP contribution >= 0.6 is 0 Å². The van der Waals surface area contributed by atoms with Gasteiger partial charge in [-0.2, -0.15) is 0 Å². The first kappa shape index (κ1) is 24.4. The van der Waals surface area contributed by atoms with Crippen molar-refractivity contribution in [3.8, 4) is 0 Å². The van der Waals surface area contributed by atoms with Crippen LogP contribution in [0.15, 0.2) is 24.8 Å². The second-order valence-electron chi connectivity index (χ2n) is 10.5. The van der Waals surface area contributed by atoms with E-state index in [0.717, 1.165) is 43.5 Å². The maximum absolute atomic E-state index is 9.31. The van der Waals surface area contributed by atoms with Crippen molar-refractivity contribution in [3.05, 3.63) is 36.4 Å². The summed E-state index contributed by atoms with van der Waals surface area (Å²) in [4.78, 5) is 17.6. The summed E-state index contributed by atoms with van der Waals surface area (Å²) < 4.78 is 2.27. The lowest BCUT2D eigenvalue weighted by Crippen LogP contribution is -2.42. The fourth-order valence-corrected chi connectivity index (χ4v) is 5.73. The minimum atomic E-state index is 0.0318. The van der Waals surface area contributed by atoms with Gasteiger partial charge in [-0.1, -0.05) is 13.8 Å². The molecule has 2 fully saturated rings. The van der Waals surface area contributed by atoms with E-state index in [1.54, 1.807) is 6.20 Å². The van der Waals surface area contributed by atoms with Crippen LogP contribution in [-0.2, 0) is 13.0 Å². The molecule has 0 radical (unpaired) electrons. The van der Waals surface area contributed by atoms with Crippen LogP contribution in [0, 0.1) is 11.3 Å². The third-order valence-corrected chi connectivity index (χ3v) is 7.45. The summed E-state index contributed by atoms with van der Waals surface area (Å²) >= 11 is 0. The second-order valence-corrected chi connectivity index (χ2v) is 10.5. The molecule has 2 aromatic heterocycles. The van der Waals surface area contributed by atoms with E-state index in [4.69, 9.17) is 0 Å². The highest BCUT2D eigenvalue weighted by atomic mass is 16.3. The molecule has 8 heteroatoms. The van der Waals surface area contributed by atoms with Crippen molar-refractivity contribution in [2.24, 2.45) is 11.3 Å². The van der Waals surface area contributed by atoms with Gasteiger partial charge < -0.3 is 29.8 Å². The van der Waals surface area contributed by atoms with Crippen LogP contribution in [0.1, 0.15) is 57.2 Å². The number of nitrogens with one attached hydrogen (secondary N) is 2. The van der Waals surface area contributed by atoms with Crippen molar-refractivity contribution in [1.82, 2.24) is 34.6 Å². The minimum absolute atomic E-state index is 0.0318. The Labute approximate surface area is 198 Å². The van der Waals surface area contributed by atoms with Crippen molar-refractivity contribution < 1.29 is 5.11 Å². The first-order valence-corrected chi connectivity index (χ1v) is 12.9. The van der Waals surface area contributed by atoms with E-state index < -0.39 is 0 Å². The first-order chi connectivity index (χ1) is 16.1. The highest BCUT2D eigenvalue weighted by Crippen LogP contribution is 2.40. The Hall–Kier alpha value is -1.74. The van der Waals surface area contributed by atoms with Crippen molar-refractivity contribution in [2.45, 2.75) is 58.5 Å². The number of imidazole rings is 2. The van der Waals surface area contributed by atoms with Gasteiger partial charge in [0.2, 0.25) is 0 Å². The van der Waals surface area contributed by atoms with Gasteiger partial charge in [0.15, 0.2) is 0 Å². The van der Waals surface area contributed by atoms with Crippen molar-refractivity contribution in [3.63, 3.8) is 0 Å². The number of aryl methyl sites for hydroxylation is 1. The average molecular weight is 458 g/mol. The van der Waals surface area contributed by atoms with Crippen molar-refractivity contribution in [1.29, 1.82) is 0 Å². The molecule has 0 aromatic carbocycles. The number of piperidine rings is 1. The van der Waals surface area contributed by atoms with Gasteiger partial charge >= 0.3 is 0 Å². The molecule has 4 rings (SSSR count). The van der Waals surface area contributed by atoms with Crippen LogP contribution < -0.4 is 5.32 Å². The zero-order valence-corrected chi connectivity index (χ0v) is 20.5. The number of hydrogen-bond donors (Lipinski definition) is 3. The minimum Gasteiger partial charge on any atom is -0.395 e. The number of rotatable bonds is 12. The second kappa shape index (κ2) is 11.6. The number of hydrogen-bond acceptors (Lipinski definition) is 6. The Morgan fingerprint density at radius 1 is 1.09 bits per heavy atom. The van der Waals surface area contributed by atoms with Crippen LogP contribution in [0.5, 0.6) is 0 Å². The molecule has 184 valence electrons. The summed E-state index contributed by atoms with van der Waals surface area (Å²) in [5.74, 6) is 2.72. The summed E-state index contributed by atoms with van der Waals surface area (Å²) in [6.45, 7) is 13.8. The predicted molar refractivity (Wildman–Crippen MR) is 131 cm³/mol. The van der Waals surface area contributed by atoms with Gasteiger partial charge in [-0.15, -0.1) is 0 Å². The maximum atomic E-state index is 9.31. The average Bonchev–Trinajstić information content (AvgIpc) is 3.55. The molecule has 4 heterocycles. The van der Waals surface area contributed by atoms with E-state index in [1.807, 2.05) is 12.4 Å². The molecule has 0 amide bonds. The number of H-pyrrole nitrogens is 1. The predicted octanol–water partition coefficient (Wildman–Crippen LogP) is 2.31. The lowest BCUT2D eigenvalue weighted by molar-refractivity contribution is 0.0989.